The molecule has 0 saturated heterocycles. The van der Waals surface area contributed by atoms with Crippen LogP contribution in [0.1, 0.15) is 36.8 Å². The van der Waals surface area contributed by atoms with Crippen LogP contribution < -0.4 is 5.32 Å². The summed E-state index contributed by atoms with van der Waals surface area (Å²) in [6.07, 6.45) is 2.90. The molecular weight excluding hydrogens is 260 g/mol. The second kappa shape index (κ2) is 6.66. The summed E-state index contributed by atoms with van der Waals surface area (Å²) in [5, 5.41) is 3.33. The maximum Gasteiger partial charge on any atom is 0.129 e. The molecule has 0 saturated carbocycles. The standard InChI is InChI=1S/C16H19F2NO/c1-3-16-13(7-8-20-16)15(19-4-2)9-11-5-6-12(17)10-14(11)18/h5-8,10,15,19H,3-4,9H2,1-2H3. The molecule has 0 fully saturated rings. The molecule has 108 valence electrons. The van der Waals surface area contributed by atoms with Gasteiger partial charge in [0.05, 0.1) is 6.26 Å². The highest BCUT2D eigenvalue weighted by Gasteiger charge is 2.18. The zero-order valence-corrected chi connectivity index (χ0v) is 11.7. The highest BCUT2D eigenvalue weighted by atomic mass is 19.1. The van der Waals surface area contributed by atoms with Crippen molar-refractivity contribution in [3.63, 3.8) is 0 Å². The molecule has 1 atom stereocenters. The summed E-state index contributed by atoms with van der Waals surface area (Å²) in [5.41, 5.74) is 1.54. The van der Waals surface area contributed by atoms with Crippen LogP contribution in [0, 0.1) is 11.6 Å². The van der Waals surface area contributed by atoms with E-state index >= 15 is 0 Å². The van der Waals surface area contributed by atoms with Crippen molar-refractivity contribution < 1.29 is 13.2 Å². The number of benzene rings is 1. The predicted molar refractivity (Wildman–Crippen MR) is 74.6 cm³/mol. The Balaban J connectivity index is 2.25. The third kappa shape index (κ3) is 3.25. The second-order valence-electron chi connectivity index (χ2n) is 4.70. The lowest BCUT2D eigenvalue weighted by atomic mass is 9.98. The van der Waals surface area contributed by atoms with Crippen molar-refractivity contribution in [1.29, 1.82) is 0 Å². The normalized spacial score (nSPS) is 12.6. The number of aryl methyl sites for hydroxylation is 1. The lowest BCUT2D eigenvalue weighted by Crippen LogP contribution is -2.23. The van der Waals surface area contributed by atoms with Crippen LogP contribution >= 0.6 is 0 Å². The predicted octanol–water partition coefficient (Wildman–Crippen LogP) is 4.01. The third-order valence-corrected chi connectivity index (χ3v) is 3.37. The van der Waals surface area contributed by atoms with Crippen molar-refractivity contribution in [2.24, 2.45) is 0 Å². The van der Waals surface area contributed by atoms with Gasteiger partial charge in [0.15, 0.2) is 0 Å². The first kappa shape index (κ1) is 14.7. The maximum absolute atomic E-state index is 13.8. The van der Waals surface area contributed by atoms with E-state index in [0.29, 0.717) is 12.0 Å². The minimum Gasteiger partial charge on any atom is -0.469 e. The number of likely N-dealkylation sites (N-methyl/N-ethyl adjacent to an activating group) is 1. The molecule has 1 aromatic heterocycles. The molecule has 0 bridgehead atoms. The first-order valence-electron chi connectivity index (χ1n) is 6.89. The molecule has 0 aliphatic rings. The van der Waals surface area contributed by atoms with E-state index in [9.17, 15) is 8.78 Å². The van der Waals surface area contributed by atoms with Gasteiger partial charge >= 0.3 is 0 Å². The van der Waals surface area contributed by atoms with Crippen molar-refractivity contribution in [2.45, 2.75) is 32.7 Å². The van der Waals surface area contributed by atoms with E-state index in [1.807, 2.05) is 19.9 Å². The average Bonchev–Trinajstić information content (AvgIpc) is 2.89. The van der Waals surface area contributed by atoms with Gasteiger partial charge in [-0.05, 0) is 30.7 Å². The van der Waals surface area contributed by atoms with Gasteiger partial charge < -0.3 is 9.73 Å². The SMILES string of the molecule is CCNC(Cc1ccc(F)cc1F)c1ccoc1CC. The number of hydrogen-bond acceptors (Lipinski definition) is 2. The Morgan fingerprint density at radius 2 is 2.00 bits per heavy atom. The Morgan fingerprint density at radius 3 is 2.65 bits per heavy atom. The topological polar surface area (TPSA) is 25.2 Å². The Hall–Kier alpha value is -1.68. The largest absolute Gasteiger partial charge is 0.469 e. The van der Waals surface area contributed by atoms with E-state index in [2.05, 4.69) is 5.32 Å². The van der Waals surface area contributed by atoms with Gasteiger partial charge in [-0.15, -0.1) is 0 Å². The molecule has 0 aliphatic carbocycles. The van der Waals surface area contributed by atoms with Gasteiger partial charge in [0.1, 0.15) is 17.4 Å². The van der Waals surface area contributed by atoms with Gasteiger partial charge in [0.25, 0.3) is 0 Å². The maximum atomic E-state index is 13.8. The van der Waals surface area contributed by atoms with Crippen LogP contribution in [-0.2, 0) is 12.8 Å². The Labute approximate surface area is 117 Å². The van der Waals surface area contributed by atoms with Crippen LogP contribution in [0.2, 0.25) is 0 Å². The monoisotopic (exact) mass is 279 g/mol. The summed E-state index contributed by atoms with van der Waals surface area (Å²) in [5.74, 6) is -0.156. The molecule has 1 heterocycles. The highest BCUT2D eigenvalue weighted by Crippen LogP contribution is 2.25. The number of nitrogens with one attached hydrogen (secondary N) is 1. The number of rotatable bonds is 6. The van der Waals surface area contributed by atoms with Crippen molar-refractivity contribution in [3.05, 3.63) is 59.1 Å². The fourth-order valence-electron chi connectivity index (χ4n) is 2.39. The zero-order chi connectivity index (χ0) is 14.5. The second-order valence-corrected chi connectivity index (χ2v) is 4.70. The van der Waals surface area contributed by atoms with Crippen LogP contribution in [0.3, 0.4) is 0 Å². The van der Waals surface area contributed by atoms with E-state index < -0.39 is 11.6 Å². The van der Waals surface area contributed by atoms with E-state index in [-0.39, 0.29) is 6.04 Å². The number of furan rings is 1. The molecule has 0 amide bonds. The summed E-state index contributed by atoms with van der Waals surface area (Å²) in [6, 6.07) is 5.59. The van der Waals surface area contributed by atoms with Gasteiger partial charge in [0, 0.05) is 24.1 Å². The Kier molecular flexibility index (Phi) is 4.90. The smallest absolute Gasteiger partial charge is 0.129 e. The fraction of sp³-hybridized carbons (Fsp3) is 0.375. The summed E-state index contributed by atoms with van der Waals surface area (Å²) < 4.78 is 32.2. The first-order valence-corrected chi connectivity index (χ1v) is 6.89. The average molecular weight is 279 g/mol. The molecule has 2 aromatic rings. The number of hydrogen-bond donors (Lipinski definition) is 1. The minimum atomic E-state index is -0.552. The number of halogens is 2. The van der Waals surface area contributed by atoms with Crippen molar-refractivity contribution in [3.8, 4) is 0 Å². The molecule has 1 N–H and O–H groups in total. The van der Waals surface area contributed by atoms with Gasteiger partial charge in [-0.25, -0.2) is 8.78 Å². The molecule has 0 spiro atoms. The van der Waals surface area contributed by atoms with Gasteiger partial charge in [-0.3, -0.25) is 0 Å². The van der Waals surface area contributed by atoms with Gasteiger partial charge in [0.2, 0.25) is 0 Å². The van der Waals surface area contributed by atoms with Crippen molar-refractivity contribution >= 4 is 0 Å². The summed E-state index contributed by atoms with van der Waals surface area (Å²) in [4.78, 5) is 0. The minimum absolute atomic E-state index is 0.0336. The fourth-order valence-corrected chi connectivity index (χ4v) is 2.39. The van der Waals surface area contributed by atoms with E-state index in [0.717, 1.165) is 30.4 Å². The first-order chi connectivity index (χ1) is 9.65. The molecular formula is C16H19F2NO. The van der Waals surface area contributed by atoms with Crippen LogP contribution in [0.4, 0.5) is 8.78 Å². The van der Waals surface area contributed by atoms with Crippen LogP contribution in [-0.4, -0.2) is 6.54 Å². The lowest BCUT2D eigenvalue weighted by Gasteiger charge is -2.18. The third-order valence-electron chi connectivity index (χ3n) is 3.37. The molecule has 4 heteroatoms. The summed E-state index contributed by atoms with van der Waals surface area (Å²) in [7, 11) is 0. The van der Waals surface area contributed by atoms with E-state index in [4.69, 9.17) is 4.42 Å². The van der Waals surface area contributed by atoms with E-state index in [1.54, 1.807) is 6.26 Å². The quantitative estimate of drug-likeness (QED) is 0.864. The molecule has 0 radical (unpaired) electrons. The molecule has 1 aromatic carbocycles. The molecule has 20 heavy (non-hydrogen) atoms. The van der Waals surface area contributed by atoms with Crippen LogP contribution in [0.5, 0.6) is 0 Å². The van der Waals surface area contributed by atoms with Gasteiger partial charge in [-0.1, -0.05) is 19.9 Å². The molecule has 2 nitrogen and oxygen atoms in total. The molecule has 0 aliphatic heterocycles. The van der Waals surface area contributed by atoms with Crippen molar-refractivity contribution in [1.82, 2.24) is 5.32 Å². The lowest BCUT2D eigenvalue weighted by molar-refractivity contribution is 0.481. The summed E-state index contributed by atoms with van der Waals surface area (Å²) in [6.45, 7) is 4.78. The van der Waals surface area contributed by atoms with Gasteiger partial charge in [-0.2, -0.15) is 0 Å². The van der Waals surface area contributed by atoms with E-state index in [1.165, 1.54) is 12.1 Å². The molecule has 1 unspecified atom stereocenters. The Bertz CT molecular complexity index is 565. The highest BCUT2D eigenvalue weighted by molar-refractivity contribution is 5.26. The van der Waals surface area contributed by atoms with Crippen LogP contribution in [0.25, 0.3) is 0 Å². The van der Waals surface area contributed by atoms with Crippen LogP contribution in [0.15, 0.2) is 34.9 Å². The summed E-state index contributed by atoms with van der Waals surface area (Å²) >= 11 is 0. The molecule has 2 rings (SSSR count). The van der Waals surface area contributed by atoms with Crippen molar-refractivity contribution in [2.75, 3.05) is 6.54 Å². The Morgan fingerprint density at radius 1 is 1.20 bits per heavy atom. The zero-order valence-electron chi connectivity index (χ0n) is 11.7.